The average molecular weight is 190 g/mol. The highest BCUT2D eigenvalue weighted by Crippen LogP contribution is 2.31. The van der Waals surface area contributed by atoms with E-state index in [1.165, 1.54) is 11.1 Å². The van der Waals surface area contributed by atoms with E-state index in [2.05, 4.69) is 19.9 Å². The Morgan fingerprint density at radius 3 is 2.79 bits per heavy atom. The summed E-state index contributed by atoms with van der Waals surface area (Å²) in [4.78, 5) is 0. The molecule has 0 nitrogen and oxygen atoms in total. The number of aryl methyl sites for hydroxylation is 1. The Kier molecular flexibility index (Phi) is 2.40. The van der Waals surface area contributed by atoms with Crippen molar-refractivity contribution in [1.29, 1.82) is 0 Å². The lowest BCUT2D eigenvalue weighted by Crippen LogP contribution is -2.04. The minimum absolute atomic E-state index is 0.117. The Morgan fingerprint density at radius 2 is 2.07 bits per heavy atom. The van der Waals surface area contributed by atoms with E-state index >= 15 is 0 Å². The predicted octanol–water partition coefficient (Wildman–Crippen LogP) is 3.81. The van der Waals surface area contributed by atoms with Crippen LogP contribution in [0.5, 0.6) is 0 Å². The molecule has 1 aliphatic rings. The summed E-state index contributed by atoms with van der Waals surface area (Å²) in [5.74, 6) is 0.410. The van der Waals surface area contributed by atoms with Crippen LogP contribution >= 0.6 is 0 Å². The van der Waals surface area contributed by atoms with Crippen LogP contribution in [0.25, 0.3) is 5.57 Å². The largest absolute Gasteiger partial charge is 0.207 e. The molecule has 1 aromatic carbocycles. The molecule has 1 aliphatic carbocycles. The fourth-order valence-electron chi connectivity index (χ4n) is 2.09. The fraction of sp³-hybridized carbons (Fsp3) is 0.385. The van der Waals surface area contributed by atoms with Crippen molar-refractivity contribution in [3.63, 3.8) is 0 Å². The SMILES string of the molecule is CC(C)C1=CCCc2cc(F)ccc21. The van der Waals surface area contributed by atoms with E-state index in [1.54, 1.807) is 12.1 Å². The van der Waals surface area contributed by atoms with Crippen LogP contribution < -0.4 is 0 Å². The molecular formula is C13H15F. The van der Waals surface area contributed by atoms with Crippen LogP contribution in [0, 0.1) is 11.7 Å². The zero-order chi connectivity index (χ0) is 10.1. The van der Waals surface area contributed by atoms with Gasteiger partial charge in [-0.05, 0) is 47.6 Å². The number of rotatable bonds is 1. The summed E-state index contributed by atoms with van der Waals surface area (Å²) in [6.45, 7) is 4.37. The minimum atomic E-state index is -0.117. The Bertz CT molecular complexity index is 375. The Labute approximate surface area is 84.5 Å². The zero-order valence-electron chi connectivity index (χ0n) is 8.68. The van der Waals surface area contributed by atoms with Gasteiger partial charge < -0.3 is 0 Å². The molecule has 0 atom stereocenters. The van der Waals surface area contributed by atoms with E-state index in [9.17, 15) is 4.39 Å². The molecule has 0 aliphatic heterocycles. The molecule has 0 unspecified atom stereocenters. The lowest BCUT2D eigenvalue weighted by atomic mass is 9.85. The summed E-state index contributed by atoms with van der Waals surface area (Å²) in [7, 11) is 0. The van der Waals surface area contributed by atoms with Crippen molar-refractivity contribution in [2.75, 3.05) is 0 Å². The normalized spacial score (nSPS) is 15.3. The third kappa shape index (κ3) is 1.59. The van der Waals surface area contributed by atoms with Gasteiger partial charge in [0.15, 0.2) is 0 Å². The number of fused-ring (bicyclic) bond motifs is 1. The molecule has 14 heavy (non-hydrogen) atoms. The molecule has 1 heteroatoms. The van der Waals surface area contributed by atoms with Gasteiger partial charge in [-0.15, -0.1) is 0 Å². The second-order valence-electron chi connectivity index (χ2n) is 4.15. The first-order chi connectivity index (χ1) is 6.68. The van der Waals surface area contributed by atoms with Crippen LogP contribution in [0.3, 0.4) is 0 Å². The van der Waals surface area contributed by atoms with Crippen LogP contribution in [0.15, 0.2) is 24.3 Å². The summed E-state index contributed by atoms with van der Waals surface area (Å²) in [5.41, 5.74) is 3.77. The number of benzene rings is 1. The molecule has 0 amide bonds. The van der Waals surface area contributed by atoms with Crippen LogP contribution in [0.1, 0.15) is 31.4 Å². The second kappa shape index (κ2) is 3.56. The third-order valence-corrected chi connectivity index (χ3v) is 2.78. The maximum absolute atomic E-state index is 13.0. The van der Waals surface area contributed by atoms with Crippen molar-refractivity contribution < 1.29 is 4.39 Å². The fourth-order valence-corrected chi connectivity index (χ4v) is 2.09. The maximum Gasteiger partial charge on any atom is 0.123 e. The van der Waals surface area contributed by atoms with Gasteiger partial charge >= 0.3 is 0 Å². The number of hydrogen-bond donors (Lipinski definition) is 0. The highest BCUT2D eigenvalue weighted by atomic mass is 19.1. The number of allylic oxidation sites excluding steroid dienone is 2. The quantitative estimate of drug-likeness (QED) is 0.631. The van der Waals surface area contributed by atoms with E-state index in [1.807, 2.05) is 6.07 Å². The summed E-state index contributed by atoms with van der Waals surface area (Å²) < 4.78 is 13.0. The first-order valence-electron chi connectivity index (χ1n) is 5.17. The third-order valence-electron chi connectivity index (χ3n) is 2.78. The smallest absolute Gasteiger partial charge is 0.123 e. The van der Waals surface area contributed by atoms with Gasteiger partial charge in [-0.25, -0.2) is 4.39 Å². The van der Waals surface area contributed by atoms with Gasteiger partial charge in [0.1, 0.15) is 5.82 Å². The summed E-state index contributed by atoms with van der Waals surface area (Å²) in [6.07, 6.45) is 4.30. The van der Waals surface area contributed by atoms with Crippen molar-refractivity contribution in [3.05, 3.63) is 41.2 Å². The minimum Gasteiger partial charge on any atom is -0.207 e. The molecule has 74 valence electrons. The Hall–Kier alpha value is -1.11. The molecule has 0 saturated heterocycles. The van der Waals surface area contributed by atoms with Crippen LogP contribution in [-0.2, 0) is 6.42 Å². The van der Waals surface area contributed by atoms with Gasteiger partial charge in [0, 0.05) is 0 Å². The van der Waals surface area contributed by atoms with Crippen molar-refractivity contribution in [2.24, 2.45) is 5.92 Å². The highest BCUT2D eigenvalue weighted by Gasteiger charge is 2.15. The van der Waals surface area contributed by atoms with Gasteiger partial charge in [0.25, 0.3) is 0 Å². The summed E-state index contributed by atoms with van der Waals surface area (Å²) >= 11 is 0. The van der Waals surface area contributed by atoms with Crippen LogP contribution in [0.2, 0.25) is 0 Å². The second-order valence-corrected chi connectivity index (χ2v) is 4.15. The van der Waals surface area contributed by atoms with Gasteiger partial charge in [-0.2, -0.15) is 0 Å². The predicted molar refractivity (Wildman–Crippen MR) is 57.5 cm³/mol. The number of halogens is 1. The summed E-state index contributed by atoms with van der Waals surface area (Å²) in [6, 6.07) is 5.14. The van der Waals surface area contributed by atoms with E-state index < -0.39 is 0 Å². The average Bonchev–Trinajstić information content (AvgIpc) is 2.16. The zero-order valence-corrected chi connectivity index (χ0v) is 8.68. The van der Waals surface area contributed by atoms with Gasteiger partial charge in [0.2, 0.25) is 0 Å². The molecule has 0 N–H and O–H groups in total. The highest BCUT2D eigenvalue weighted by molar-refractivity contribution is 5.71. The van der Waals surface area contributed by atoms with E-state index in [0.29, 0.717) is 5.92 Å². The molecular weight excluding hydrogens is 175 g/mol. The summed E-state index contributed by atoms with van der Waals surface area (Å²) in [5, 5.41) is 0. The van der Waals surface area contributed by atoms with Crippen molar-refractivity contribution in [1.82, 2.24) is 0 Å². The van der Waals surface area contributed by atoms with E-state index in [-0.39, 0.29) is 5.82 Å². The van der Waals surface area contributed by atoms with Crippen LogP contribution in [-0.4, -0.2) is 0 Å². The topological polar surface area (TPSA) is 0 Å². The first-order valence-corrected chi connectivity index (χ1v) is 5.17. The molecule has 0 radical (unpaired) electrons. The Balaban J connectivity index is 2.49. The molecule has 0 saturated carbocycles. The van der Waals surface area contributed by atoms with Gasteiger partial charge in [-0.3, -0.25) is 0 Å². The molecule has 2 rings (SSSR count). The van der Waals surface area contributed by atoms with E-state index in [4.69, 9.17) is 0 Å². The lowest BCUT2D eigenvalue weighted by Gasteiger charge is -2.20. The molecule has 0 heterocycles. The van der Waals surface area contributed by atoms with E-state index in [0.717, 1.165) is 18.4 Å². The van der Waals surface area contributed by atoms with Crippen molar-refractivity contribution in [2.45, 2.75) is 26.7 Å². The number of hydrogen-bond acceptors (Lipinski definition) is 0. The van der Waals surface area contributed by atoms with Crippen molar-refractivity contribution >= 4 is 5.57 Å². The molecule has 0 fully saturated rings. The van der Waals surface area contributed by atoms with Gasteiger partial charge in [-0.1, -0.05) is 26.0 Å². The standard InChI is InChI=1S/C13H15F/c1-9(2)12-5-3-4-10-8-11(14)6-7-13(10)12/h5-9H,3-4H2,1-2H3. The Morgan fingerprint density at radius 1 is 1.29 bits per heavy atom. The van der Waals surface area contributed by atoms with Crippen molar-refractivity contribution in [3.8, 4) is 0 Å². The molecule has 0 aromatic heterocycles. The monoisotopic (exact) mass is 190 g/mol. The molecule has 0 spiro atoms. The molecule has 1 aromatic rings. The molecule has 0 bridgehead atoms. The first kappa shape index (κ1) is 9.45. The van der Waals surface area contributed by atoms with Gasteiger partial charge in [0.05, 0.1) is 0 Å². The lowest BCUT2D eigenvalue weighted by molar-refractivity contribution is 0.624. The maximum atomic E-state index is 13.0. The van der Waals surface area contributed by atoms with Crippen LogP contribution in [0.4, 0.5) is 4.39 Å².